The van der Waals surface area contributed by atoms with E-state index in [2.05, 4.69) is 5.32 Å². The van der Waals surface area contributed by atoms with Crippen LogP contribution in [0.1, 0.15) is 21.5 Å². The Morgan fingerprint density at radius 1 is 0.880 bits per heavy atom. The van der Waals surface area contributed by atoms with Gasteiger partial charge < -0.3 is 5.32 Å². The summed E-state index contributed by atoms with van der Waals surface area (Å²) >= 11 is 5.91. The number of ketones is 1. The average molecular weight is 350 g/mol. The van der Waals surface area contributed by atoms with Crippen molar-refractivity contribution in [2.45, 2.75) is 6.54 Å². The molecule has 0 saturated carbocycles. The monoisotopic (exact) mass is 349 g/mol. The van der Waals surface area contributed by atoms with E-state index in [1.54, 1.807) is 12.1 Å². The molecule has 3 aromatic carbocycles. The van der Waals surface area contributed by atoms with Gasteiger partial charge in [0.05, 0.1) is 0 Å². The van der Waals surface area contributed by atoms with Crippen molar-refractivity contribution in [3.05, 3.63) is 94.5 Å². The third kappa shape index (κ3) is 4.14. The van der Waals surface area contributed by atoms with Gasteiger partial charge in [-0.2, -0.15) is 0 Å². The highest BCUT2D eigenvalue weighted by molar-refractivity contribution is 6.30. The van der Waals surface area contributed by atoms with Crippen molar-refractivity contribution in [1.29, 1.82) is 0 Å². The largest absolute Gasteiger partial charge is 0.355 e. The Labute approximate surface area is 151 Å². The quantitative estimate of drug-likeness (QED) is 0.526. The molecular formula is C21H16ClNO2. The number of nitrogens with one attached hydrogen (secondary N) is 1. The second-order valence-corrected chi connectivity index (χ2v) is 6.05. The summed E-state index contributed by atoms with van der Waals surface area (Å²) < 4.78 is 0. The van der Waals surface area contributed by atoms with E-state index >= 15 is 0 Å². The predicted molar refractivity (Wildman–Crippen MR) is 99.7 cm³/mol. The topological polar surface area (TPSA) is 46.2 Å². The minimum atomic E-state index is -0.0457. The Morgan fingerprint density at radius 3 is 2.16 bits per heavy atom. The zero-order valence-electron chi connectivity index (χ0n) is 13.4. The van der Waals surface area contributed by atoms with Crippen LogP contribution in [-0.2, 0) is 11.3 Å². The Bertz CT molecular complexity index is 887. The lowest BCUT2D eigenvalue weighted by atomic mass is 9.98. The van der Waals surface area contributed by atoms with E-state index in [4.69, 9.17) is 11.6 Å². The number of rotatable bonds is 6. The van der Waals surface area contributed by atoms with Gasteiger partial charge in [-0.05, 0) is 34.9 Å². The lowest BCUT2D eigenvalue weighted by Gasteiger charge is -2.06. The van der Waals surface area contributed by atoms with Gasteiger partial charge in [0, 0.05) is 22.7 Å². The van der Waals surface area contributed by atoms with E-state index < -0.39 is 0 Å². The van der Waals surface area contributed by atoms with Crippen molar-refractivity contribution in [3.63, 3.8) is 0 Å². The standard InChI is InChI=1S/C21H16ClNO2/c22-20-10-8-17(9-11-20)16-4-6-18(7-5-16)21(25)19-3-1-2-15(12-19)13-23-14-24/h1-12,14H,13H2,(H,23,24). The summed E-state index contributed by atoms with van der Waals surface area (Å²) in [6, 6.07) is 22.3. The van der Waals surface area contributed by atoms with Gasteiger partial charge in [0.15, 0.2) is 5.78 Å². The number of carbonyl (C=O) groups excluding carboxylic acids is 2. The molecule has 0 aliphatic carbocycles. The average Bonchev–Trinajstić information content (AvgIpc) is 2.67. The fourth-order valence-corrected chi connectivity index (χ4v) is 2.73. The first-order chi connectivity index (χ1) is 12.2. The molecule has 0 aromatic heterocycles. The Balaban J connectivity index is 1.81. The van der Waals surface area contributed by atoms with Gasteiger partial charge in [-0.1, -0.05) is 66.2 Å². The highest BCUT2D eigenvalue weighted by Gasteiger charge is 2.10. The molecule has 0 aliphatic rings. The van der Waals surface area contributed by atoms with Gasteiger partial charge >= 0.3 is 0 Å². The van der Waals surface area contributed by atoms with Crippen LogP contribution < -0.4 is 5.32 Å². The van der Waals surface area contributed by atoms with Gasteiger partial charge in [0.1, 0.15) is 0 Å². The van der Waals surface area contributed by atoms with Gasteiger partial charge in [-0.15, -0.1) is 0 Å². The molecule has 0 unspecified atom stereocenters. The first-order valence-corrected chi connectivity index (χ1v) is 8.22. The molecule has 1 amide bonds. The van der Waals surface area contributed by atoms with E-state index in [9.17, 15) is 9.59 Å². The lowest BCUT2D eigenvalue weighted by molar-refractivity contribution is -0.109. The second kappa shape index (κ2) is 7.77. The molecule has 4 heteroatoms. The molecule has 0 saturated heterocycles. The van der Waals surface area contributed by atoms with Crippen LogP contribution in [0.4, 0.5) is 0 Å². The van der Waals surface area contributed by atoms with Crippen LogP contribution in [0.25, 0.3) is 11.1 Å². The Kier molecular flexibility index (Phi) is 5.26. The normalized spacial score (nSPS) is 10.3. The number of hydrogen-bond acceptors (Lipinski definition) is 2. The van der Waals surface area contributed by atoms with Crippen molar-refractivity contribution < 1.29 is 9.59 Å². The number of benzene rings is 3. The zero-order chi connectivity index (χ0) is 17.6. The van der Waals surface area contributed by atoms with Crippen LogP contribution in [-0.4, -0.2) is 12.2 Å². The van der Waals surface area contributed by atoms with E-state index in [1.165, 1.54) is 0 Å². The fourth-order valence-electron chi connectivity index (χ4n) is 2.61. The molecule has 3 aromatic rings. The molecule has 0 aliphatic heterocycles. The number of hydrogen-bond donors (Lipinski definition) is 1. The summed E-state index contributed by atoms with van der Waals surface area (Å²) in [6.45, 7) is 0.403. The van der Waals surface area contributed by atoms with Gasteiger partial charge in [-0.3, -0.25) is 9.59 Å². The molecule has 0 heterocycles. The van der Waals surface area contributed by atoms with Crippen molar-refractivity contribution in [1.82, 2.24) is 5.32 Å². The molecule has 0 spiro atoms. The number of halogens is 1. The molecule has 25 heavy (non-hydrogen) atoms. The zero-order valence-corrected chi connectivity index (χ0v) is 14.2. The van der Waals surface area contributed by atoms with E-state index in [-0.39, 0.29) is 5.78 Å². The summed E-state index contributed by atoms with van der Waals surface area (Å²) in [5.41, 5.74) is 4.18. The second-order valence-electron chi connectivity index (χ2n) is 5.61. The smallest absolute Gasteiger partial charge is 0.207 e. The Hall–Kier alpha value is -2.91. The van der Waals surface area contributed by atoms with Crippen molar-refractivity contribution in [2.75, 3.05) is 0 Å². The summed E-state index contributed by atoms with van der Waals surface area (Å²) in [4.78, 5) is 23.1. The van der Waals surface area contributed by atoms with Crippen LogP contribution in [0.15, 0.2) is 72.8 Å². The summed E-state index contributed by atoms with van der Waals surface area (Å²) in [7, 11) is 0. The predicted octanol–water partition coefficient (Wildman–Crippen LogP) is 4.48. The van der Waals surface area contributed by atoms with Gasteiger partial charge in [0.25, 0.3) is 0 Å². The molecular weight excluding hydrogens is 334 g/mol. The van der Waals surface area contributed by atoms with Crippen LogP contribution in [0.5, 0.6) is 0 Å². The third-order valence-electron chi connectivity index (χ3n) is 3.90. The molecule has 0 bridgehead atoms. The Morgan fingerprint density at radius 2 is 1.52 bits per heavy atom. The van der Waals surface area contributed by atoms with Crippen molar-refractivity contribution in [3.8, 4) is 11.1 Å². The maximum atomic E-state index is 12.7. The molecule has 1 N–H and O–H groups in total. The van der Waals surface area contributed by atoms with Crippen molar-refractivity contribution >= 4 is 23.8 Å². The third-order valence-corrected chi connectivity index (χ3v) is 4.16. The van der Waals surface area contributed by atoms with Crippen LogP contribution >= 0.6 is 11.6 Å². The first-order valence-electron chi connectivity index (χ1n) is 7.84. The minimum Gasteiger partial charge on any atom is -0.355 e. The summed E-state index contributed by atoms with van der Waals surface area (Å²) in [5, 5.41) is 3.29. The summed E-state index contributed by atoms with van der Waals surface area (Å²) in [6.07, 6.45) is 0.643. The van der Waals surface area contributed by atoms with E-state index in [0.29, 0.717) is 29.1 Å². The van der Waals surface area contributed by atoms with Crippen LogP contribution in [0.3, 0.4) is 0 Å². The fraction of sp³-hybridized carbons (Fsp3) is 0.0476. The highest BCUT2D eigenvalue weighted by Crippen LogP contribution is 2.22. The molecule has 0 radical (unpaired) electrons. The number of carbonyl (C=O) groups is 2. The minimum absolute atomic E-state index is 0.0457. The molecule has 0 fully saturated rings. The molecule has 124 valence electrons. The maximum Gasteiger partial charge on any atom is 0.207 e. The molecule has 0 atom stereocenters. The van der Waals surface area contributed by atoms with E-state index in [0.717, 1.165) is 16.7 Å². The van der Waals surface area contributed by atoms with E-state index in [1.807, 2.05) is 60.7 Å². The van der Waals surface area contributed by atoms with Gasteiger partial charge in [-0.25, -0.2) is 0 Å². The molecule has 3 nitrogen and oxygen atoms in total. The summed E-state index contributed by atoms with van der Waals surface area (Å²) in [5.74, 6) is -0.0457. The molecule has 3 rings (SSSR count). The SMILES string of the molecule is O=CNCc1cccc(C(=O)c2ccc(-c3ccc(Cl)cc3)cc2)c1. The van der Waals surface area contributed by atoms with Gasteiger partial charge in [0.2, 0.25) is 6.41 Å². The lowest BCUT2D eigenvalue weighted by Crippen LogP contribution is -2.10. The van der Waals surface area contributed by atoms with Crippen molar-refractivity contribution in [2.24, 2.45) is 0 Å². The van der Waals surface area contributed by atoms with Crippen LogP contribution in [0.2, 0.25) is 5.02 Å². The first kappa shape index (κ1) is 16.9. The number of amides is 1. The maximum absolute atomic E-state index is 12.7. The highest BCUT2D eigenvalue weighted by atomic mass is 35.5. The van der Waals surface area contributed by atoms with Crippen LogP contribution in [0, 0.1) is 0 Å².